The zero-order chi connectivity index (χ0) is 11.8. The van der Waals surface area contributed by atoms with E-state index in [0.29, 0.717) is 5.69 Å². The monoisotopic (exact) mass is 228 g/mol. The molecule has 1 unspecified atom stereocenters. The summed E-state index contributed by atoms with van der Waals surface area (Å²) in [6.45, 7) is 0. The van der Waals surface area contributed by atoms with Crippen molar-refractivity contribution >= 4 is 0 Å². The maximum absolute atomic E-state index is 10.3. The molecule has 0 fully saturated rings. The molecule has 0 saturated heterocycles. The van der Waals surface area contributed by atoms with E-state index in [4.69, 9.17) is 0 Å². The van der Waals surface area contributed by atoms with Crippen molar-refractivity contribution in [3.63, 3.8) is 0 Å². The Morgan fingerprint density at radius 2 is 2.06 bits per heavy atom. The van der Waals surface area contributed by atoms with Crippen LogP contribution < -0.4 is 0 Å². The van der Waals surface area contributed by atoms with Gasteiger partial charge in [-0.1, -0.05) is 18.2 Å². The topological polar surface area (TPSA) is 38.0 Å². The molecule has 1 aromatic carbocycles. The van der Waals surface area contributed by atoms with Gasteiger partial charge in [-0.15, -0.1) is 0 Å². The predicted octanol–water partition coefficient (Wildman–Crippen LogP) is 1.99. The van der Waals surface area contributed by atoms with Gasteiger partial charge in [-0.3, -0.25) is 4.68 Å². The number of benzene rings is 1. The van der Waals surface area contributed by atoms with Gasteiger partial charge < -0.3 is 5.11 Å². The van der Waals surface area contributed by atoms with Crippen LogP contribution in [0.2, 0.25) is 0 Å². The Hall–Kier alpha value is -1.61. The zero-order valence-electron chi connectivity index (χ0n) is 9.93. The third kappa shape index (κ3) is 1.87. The Bertz CT molecular complexity index is 545. The van der Waals surface area contributed by atoms with Crippen LogP contribution in [-0.4, -0.2) is 14.9 Å². The summed E-state index contributed by atoms with van der Waals surface area (Å²) >= 11 is 0. The third-order valence-corrected chi connectivity index (χ3v) is 3.45. The van der Waals surface area contributed by atoms with Crippen LogP contribution in [0.25, 0.3) is 0 Å². The minimum atomic E-state index is -0.609. The molecule has 3 rings (SSSR count). The van der Waals surface area contributed by atoms with Crippen LogP contribution in [0, 0.1) is 0 Å². The van der Waals surface area contributed by atoms with Crippen LogP contribution in [0.15, 0.2) is 30.5 Å². The first-order valence-electron chi connectivity index (χ1n) is 6.03. The first-order valence-corrected chi connectivity index (χ1v) is 6.03. The van der Waals surface area contributed by atoms with Crippen molar-refractivity contribution in [2.75, 3.05) is 0 Å². The molecular weight excluding hydrogens is 212 g/mol. The van der Waals surface area contributed by atoms with E-state index in [1.807, 2.05) is 25.4 Å². The van der Waals surface area contributed by atoms with Gasteiger partial charge in [0, 0.05) is 13.2 Å². The summed E-state index contributed by atoms with van der Waals surface area (Å²) in [6, 6.07) is 8.15. The lowest BCUT2D eigenvalue weighted by molar-refractivity contribution is 0.214. The Kier molecular flexibility index (Phi) is 2.48. The number of hydrogen-bond acceptors (Lipinski definition) is 2. The van der Waals surface area contributed by atoms with Gasteiger partial charge in [0.25, 0.3) is 0 Å². The van der Waals surface area contributed by atoms with Crippen LogP contribution in [0.4, 0.5) is 0 Å². The molecule has 0 spiro atoms. The summed E-state index contributed by atoms with van der Waals surface area (Å²) in [4.78, 5) is 0. The summed E-state index contributed by atoms with van der Waals surface area (Å²) < 4.78 is 1.71. The second kappa shape index (κ2) is 4.00. The van der Waals surface area contributed by atoms with Gasteiger partial charge in [0.1, 0.15) is 6.10 Å². The molecule has 3 heteroatoms. The molecule has 1 N–H and O–H groups in total. The highest BCUT2D eigenvalue weighted by atomic mass is 16.3. The maximum Gasteiger partial charge on any atom is 0.123 e. The minimum absolute atomic E-state index is 0.609. The molecule has 0 amide bonds. The minimum Gasteiger partial charge on any atom is -0.382 e. The first-order chi connectivity index (χ1) is 8.24. The van der Waals surface area contributed by atoms with Gasteiger partial charge >= 0.3 is 0 Å². The number of aromatic nitrogens is 2. The lowest BCUT2D eigenvalue weighted by Crippen LogP contribution is -2.02. The van der Waals surface area contributed by atoms with Gasteiger partial charge in [-0.05, 0) is 42.0 Å². The van der Waals surface area contributed by atoms with Gasteiger partial charge in [0.2, 0.25) is 0 Å². The van der Waals surface area contributed by atoms with Crippen molar-refractivity contribution in [2.45, 2.75) is 25.4 Å². The van der Waals surface area contributed by atoms with E-state index in [1.54, 1.807) is 4.68 Å². The van der Waals surface area contributed by atoms with Crippen molar-refractivity contribution in [3.05, 3.63) is 52.8 Å². The van der Waals surface area contributed by atoms with Crippen LogP contribution in [-0.2, 0) is 19.9 Å². The largest absolute Gasteiger partial charge is 0.382 e. The molecular formula is C14H16N2O. The van der Waals surface area contributed by atoms with Crippen molar-refractivity contribution in [3.8, 4) is 0 Å². The molecule has 0 bridgehead atoms. The van der Waals surface area contributed by atoms with Crippen LogP contribution in [0.3, 0.4) is 0 Å². The summed E-state index contributed by atoms with van der Waals surface area (Å²) in [6.07, 6.45) is 4.79. The Labute approximate surface area is 101 Å². The zero-order valence-corrected chi connectivity index (χ0v) is 9.93. The number of aliphatic hydroxyl groups excluding tert-OH is 1. The molecule has 17 heavy (non-hydrogen) atoms. The maximum atomic E-state index is 10.3. The molecule has 3 nitrogen and oxygen atoms in total. The van der Waals surface area contributed by atoms with Crippen molar-refractivity contribution in [2.24, 2.45) is 7.05 Å². The quantitative estimate of drug-likeness (QED) is 0.853. The van der Waals surface area contributed by atoms with E-state index in [0.717, 1.165) is 12.0 Å². The smallest absolute Gasteiger partial charge is 0.123 e. The molecule has 0 aliphatic heterocycles. The van der Waals surface area contributed by atoms with Gasteiger partial charge in [0.05, 0.1) is 5.69 Å². The highest BCUT2D eigenvalue weighted by Crippen LogP contribution is 2.27. The third-order valence-electron chi connectivity index (χ3n) is 3.45. The van der Waals surface area contributed by atoms with E-state index in [9.17, 15) is 5.11 Å². The van der Waals surface area contributed by atoms with Gasteiger partial charge in [-0.2, -0.15) is 5.10 Å². The van der Waals surface area contributed by atoms with Crippen molar-refractivity contribution < 1.29 is 5.11 Å². The van der Waals surface area contributed by atoms with Crippen LogP contribution >= 0.6 is 0 Å². The van der Waals surface area contributed by atoms with E-state index in [1.165, 1.54) is 24.0 Å². The number of aliphatic hydroxyl groups is 1. The standard InChI is InChI=1S/C14H16N2O/c1-16-8-7-13(15-16)14(17)12-6-5-10-3-2-4-11(10)9-12/h5-9,14,17H,2-4H2,1H3. The van der Waals surface area contributed by atoms with E-state index in [2.05, 4.69) is 17.2 Å². The fraction of sp³-hybridized carbons (Fsp3) is 0.357. The number of nitrogens with zero attached hydrogens (tertiary/aromatic N) is 2. The van der Waals surface area contributed by atoms with E-state index < -0.39 is 6.10 Å². The molecule has 1 heterocycles. The van der Waals surface area contributed by atoms with Crippen molar-refractivity contribution in [1.29, 1.82) is 0 Å². The fourth-order valence-electron chi connectivity index (χ4n) is 2.51. The van der Waals surface area contributed by atoms with Crippen LogP contribution in [0.1, 0.15) is 34.9 Å². The predicted molar refractivity (Wildman–Crippen MR) is 65.7 cm³/mol. The second-order valence-electron chi connectivity index (χ2n) is 4.70. The SMILES string of the molecule is Cn1ccc(C(O)c2ccc3c(c2)CCC3)n1. The highest BCUT2D eigenvalue weighted by Gasteiger charge is 2.17. The molecule has 1 aliphatic carbocycles. The lowest BCUT2D eigenvalue weighted by atomic mass is 10.0. The summed E-state index contributed by atoms with van der Waals surface area (Å²) in [5.41, 5.74) is 4.48. The Morgan fingerprint density at radius 1 is 1.24 bits per heavy atom. The molecule has 2 aromatic rings. The number of aryl methyl sites for hydroxylation is 3. The number of hydrogen-bond donors (Lipinski definition) is 1. The van der Waals surface area contributed by atoms with E-state index in [-0.39, 0.29) is 0 Å². The summed E-state index contributed by atoms with van der Waals surface area (Å²) in [5.74, 6) is 0. The molecule has 0 radical (unpaired) electrons. The molecule has 0 saturated carbocycles. The van der Waals surface area contributed by atoms with Gasteiger partial charge in [0.15, 0.2) is 0 Å². The first kappa shape index (κ1) is 10.5. The van der Waals surface area contributed by atoms with Crippen LogP contribution in [0.5, 0.6) is 0 Å². The molecule has 88 valence electrons. The Morgan fingerprint density at radius 3 is 2.82 bits per heavy atom. The lowest BCUT2D eigenvalue weighted by Gasteiger charge is -2.10. The van der Waals surface area contributed by atoms with Gasteiger partial charge in [-0.25, -0.2) is 0 Å². The summed E-state index contributed by atoms with van der Waals surface area (Å²) in [7, 11) is 1.86. The average molecular weight is 228 g/mol. The number of rotatable bonds is 2. The van der Waals surface area contributed by atoms with E-state index >= 15 is 0 Å². The molecule has 1 aromatic heterocycles. The molecule has 1 aliphatic rings. The summed E-state index contributed by atoms with van der Waals surface area (Å²) in [5, 5.41) is 14.5. The fourth-order valence-corrected chi connectivity index (χ4v) is 2.51. The highest BCUT2D eigenvalue weighted by molar-refractivity contribution is 5.37. The molecule has 1 atom stereocenters. The normalized spacial score (nSPS) is 15.9. The Balaban J connectivity index is 1.94. The van der Waals surface area contributed by atoms with Crippen molar-refractivity contribution in [1.82, 2.24) is 9.78 Å². The number of fused-ring (bicyclic) bond motifs is 1. The average Bonchev–Trinajstić information content (AvgIpc) is 2.95. The second-order valence-corrected chi connectivity index (χ2v) is 4.70.